The average Bonchev–Trinajstić information content (AvgIpc) is 3.32. The summed E-state index contributed by atoms with van der Waals surface area (Å²) >= 11 is 0.985. The minimum Gasteiger partial charge on any atom is -0.493 e. The molecule has 174 valence electrons. The lowest BCUT2D eigenvalue weighted by atomic mass is 10.2. The summed E-state index contributed by atoms with van der Waals surface area (Å²) in [4.78, 5) is 14.4. The standard InChI is InChI=1S/C22H24N4O5S2/c1-3-31-18-9-7-16(15-19(18)30-2)8-10-21(27)25-11-13-26(14-12-25)33(28,29)20-6-4-5-17-22(20)24-32-23-17/h4-10,15H,3,11-14H2,1-2H3/b10-8+. The van der Waals surface area contributed by atoms with E-state index in [2.05, 4.69) is 8.75 Å². The van der Waals surface area contributed by atoms with Gasteiger partial charge in [-0.3, -0.25) is 4.79 Å². The molecular weight excluding hydrogens is 464 g/mol. The molecule has 2 aromatic carbocycles. The van der Waals surface area contributed by atoms with Crippen molar-refractivity contribution in [3.05, 3.63) is 48.0 Å². The van der Waals surface area contributed by atoms with E-state index in [1.807, 2.05) is 13.0 Å². The molecule has 1 saturated heterocycles. The van der Waals surface area contributed by atoms with E-state index >= 15 is 0 Å². The van der Waals surface area contributed by atoms with Crippen LogP contribution < -0.4 is 9.47 Å². The molecule has 9 nitrogen and oxygen atoms in total. The zero-order chi connectivity index (χ0) is 23.4. The van der Waals surface area contributed by atoms with E-state index in [9.17, 15) is 13.2 Å². The van der Waals surface area contributed by atoms with Gasteiger partial charge in [0.1, 0.15) is 15.9 Å². The fourth-order valence-corrected chi connectivity index (χ4v) is 5.79. The Kier molecular flexibility index (Phi) is 6.91. The molecule has 0 spiro atoms. The molecule has 1 aliphatic heterocycles. The van der Waals surface area contributed by atoms with Crippen LogP contribution >= 0.6 is 11.7 Å². The maximum absolute atomic E-state index is 13.1. The molecular formula is C22H24N4O5S2. The van der Waals surface area contributed by atoms with E-state index in [1.165, 1.54) is 10.4 Å². The largest absolute Gasteiger partial charge is 0.493 e. The number of fused-ring (bicyclic) bond motifs is 1. The lowest BCUT2D eigenvalue weighted by Gasteiger charge is -2.33. The number of amides is 1. The van der Waals surface area contributed by atoms with Crippen LogP contribution in [-0.2, 0) is 14.8 Å². The van der Waals surface area contributed by atoms with Crippen molar-refractivity contribution >= 4 is 44.8 Å². The highest BCUT2D eigenvalue weighted by molar-refractivity contribution is 7.89. The Balaban J connectivity index is 1.40. The van der Waals surface area contributed by atoms with Gasteiger partial charge < -0.3 is 14.4 Å². The number of aromatic nitrogens is 2. The second-order valence-electron chi connectivity index (χ2n) is 7.29. The molecule has 4 rings (SSSR count). The fraction of sp³-hybridized carbons (Fsp3) is 0.318. The van der Waals surface area contributed by atoms with Gasteiger partial charge in [-0.15, -0.1) is 0 Å². The van der Waals surface area contributed by atoms with Gasteiger partial charge in [-0.1, -0.05) is 12.1 Å². The summed E-state index contributed by atoms with van der Waals surface area (Å²) in [6, 6.07) is 10.4. The van der Waals surface area contributed by atoms with Crippen LogP contribution in [-0.4, -0.2) is 72.2 Å². The van der Waals surface area contributed by atoms with Gasteiger partial charge in [-0.05, 0) is 42.8 Å². The van der Waals surface area contributed by atoms with Crippen LogP contribution in [0.1, 0.15) is 12.5 Å². The molecule has 0 radical (unpaired) electrons. The summed E-state index contributed by atoms with van der Waals surface area (Å²) < 4.78 is 46.8. The van der Waals surface area contributed by atoms with Crippen molar-refractivity contribution in [1.29, 1.82) is 0 Å². The van der Waals surface area contributed by atoms with Gasteiger partial charge in [0.2, 0.25) is 15.9 Å². The van der Waals surface area contributed by atoms with E-state index < -0.39 is 10.0 Å². The third-order valence-electron chi connectivity index (χ3n) is 5.32. The normalized spacial score (nSPS) is 15.3. The quantitative estimate of drug-likeness (QED) is 0.471. The number of hydrogen-bond acceptors (Lipinski definition) is 8. The zero-order valence-corrected chi connectivity index (χ0v) is 19.9. The number of benzene rings is 2. The average molecular weight is 489 g/mol. The number of piperazine rings is 1. The van der Waals surface area contributed by atoms with Crippen molar-refractivity contribution in [2.24, 2.45) is 0 Å². The first-order chi connectivity index (χ1) is 15.9. The van der Waals surface area contributed by atoms with Crippen LogP contribution in [0.4, 0.5) is 0 Å². The van der Waals surface area contributed by atoms with Gasteiger partial charge in [-0.2, -0.15) is 13.1 Å². The van der Waals surface area contributed by atoms with Crippen molar-refractivity contribution in [1.82, 2.24) is 18.0 Å². The molecule has 1 amide bonds. The van der Waals surface area contributed by atoms with Crippen LogP contribution in [0, 0.1) is 0 Å². The number of methoxy groups -OCH3 is 1. The van der Waals surface area contributed by atoms with E-state index in [4.69, 9.17) is 9.47 Å². The lowest BCUT2D eigenvalue weighted by molar-refractivity contribution is -0.127. The predicted octanol–water partition coefficient (Wildman–Crippen LogP) is 2.64. The molecule has 0 atom stereocenters. The third kappa shape index (κ3) is 4.85. The molecule has 0 saturated carbocycles. The van der Waals surface area contributed by atoms with Crippen molar-refractivity contribution in [3.63, 3.8) is 0 Å². The molecule has 0 N–H and O–H groups in total. The lowest BCUT2D eigenvalue weighted by Crippen LogP contribution is -2.50. The second kappa shape index (κ2) is 9.86. The predicted molar refractivity (Wildman–Crippen MR) is 126 cm³/mol. The monoisotopic (exact) mass is 488 g/mol. The fourth-order valence-electron chi connectivity index (χ4n) is 3.61. The molecule has 33 heavy (non-hydrogen) atoms. The number of carbonyl (C=O) groups excluding carboxylic acids is 1. The first-order valence-corrected chi connectivity index (χ1v) is 12.6. The van der Waals surface area contributed by atoms with Crippen molar-refractivity contribution in [2.45, 2.75) is 11.8 Å². The molecule has 11 heteroatoms. The number of hydrogen-bond donors (Lipinski definition) is 0. The highest BCUT2D eigenvalue weighted by Crippen LogP contribution is 2.29. The summed E-state index contributed by atoms with van der Waals surface area (Å²) in [7, 11) is -2.16. The Morgan fingerprint density at radius 2 is 1.91 bits per heavy atom. The van der Waals surface area contributed by atoms with Crippen LogP contribution in [0.5, 0.6) is 11.5 Å². The van der Waals surface area contributed by atoms with E-state index in [1.54, 1.807) is 48.4 Å². The van der Waals surface area contributed by atoms with Gasteiger partial charge in [0.05, 0.1) is 25.4 Å². The summed E-state index contributed by atoms with van der Waals surface area (Å²) in [5.74, 6) is 1.06. The van der Waals surface area contributed by atoms with Crippen molar-refractivity contribution in [3.8, 4) is 11.5 Å². The zero-order valence-electron chi connectivity index (χ0n) is 18.3. The van der Waals surface area contributed by atoms with Gasteiger partial charge in [0, 0.05) is 32.3 Å². The number of sulfonamides is 1. The number of ether oxygens (including phenoxy) is 2. The highest BCUT2D eigenvalue weighted by atomic mass is 32.2. The van der Waals surface area contributed by atoms with Gasteiger partial charge in [-0.25, -0.2) is 8.42 Å². The minimum absolute atomic E-state index is 0.151. The van der Waals surface area contributed by atoms with Crippen LogP contribution in [0.3, 0.4) is 0 Å². The topological polar surface area (TPSA) is 102 Å². The highest BCUT2D eigenvalue weighted by Gasteiger charge is 2.31. The Bertz CT molecular complexity index is 1280. The van der Waals surface area contributed by atoms with Crippen LogP contribution in [0.25, 0.3) is 17.1 Å². The van der Waals surface area contributed by atoms with Gasteiger partial charge in [0.15, 0.2) is 11.5 Å². The van der Waals surface area contributed by atoms with Gasteiger partial charge in [0.25, 0.3) is 0 Å². The Hall–Kier alpha value is -3.02. The maximum atomic E-state index is 13.1. The smallest absolute Gasteiger partial charge is 0.246 e. The summed E-state index contributed by atoms with van der Waals surface area (Å²) in [5, 5.41) is 0. The molecule has 2 heterocycles. The van der Waals surface area contributed by atoms with Crippen LogP contribution in [0.15, 0.2) is 47.4 Å². The molecule has 3 aromatic rings. The molecule has 1 aliphatic rings. The maximum Gasteiger partial charge on any atom is 0.246 e. The Morgan fingerprint density at radius 1 is 1.12 bits per heavy atom. The van der Waals surface area contributed by atoms with E-state index in [0.29, 0.717) is 42.2 Å². The number of nitrogens with zero attached hydrogens (tertiary/aromatic N) is 4. The molecule has 0 aliphatic carbocycles. The SMILES string of the molecule is CCOc1ccc(/C=C/C(=O)N2CCN(S(=O)(=O)c3cccc4nsnc34)CC2)cc1OC. The Labute approximate surface area is 196 Å². The van der Waals surface area contributed by atoms with E-state index in [-0.39, 0.29) is 23.9 Å². The van der Waals surface area contributed by atoms with Crippen molar-refractivity contribution in [2.75, 3.05) is 39.9 Å². The number of rotatable bonds is 7. The molecule has 1 aromatic heterocycles. The minimum atomic E-state index is -3.72. The first-order valence-electron chi connectivity index (χ1n) is 10.4. The van der Waals surface area contributed by atoms with Crippen LogP contribution in [0.2, 0.25) is 0 Å². The molecule has 0 unspecified atom stereocenters. The molecule has 0 bridgehead atoms. The first kappa shape index (κ1) is 23.1. The molecule has 1 fully saturated rings. The van der Waals surface area contributed by atoms with E-state index in [0.717, 1.165) is 17.3 Å². The summed E-state index contributed by atoms with van der Waals surface area (Å²) in [5.41, 5.74) is 1.75. The summed E-state index contributed by atoms with van der Waals surface area (Å²) in [6.45, 7) is 3.47. The second-order valence-corrected chi connectivity index (χ2v) is 9.73. The third-order valence-corrected chi connectivity index (χ3v) is 7.80. The Morgan fingerprint density at radius 3 is 2.64 bits per heavy atom. The van der Waals surface area contributed by atoms with Gasteiger partial charge >= 0.3 is 0 Å². The summed E-state index contributed by atoms with van der Waals surface area (Å²) in [6.07, 6.45) is 3.20. The number of carbonyl (C=O) groups is 1. The van der Waals surface area contributed by atoms with Crippen molar-refractivity contribution < 1.29 is 22.7 Å².